The third-order valence-corrected chi connectivity index (χ3v) is 5.30. The maximum absolute atomic E-state index is 10.2. The maximum atomic E-state index is 10.2. The van der Waals surface area contributed by atoms with Crippen molar-refractivity contribution in [3.05, 3.63) is 52.5 Å². The highest BCUT2D eigenvalue weighted by atomic mass is 32.1. The first-order valence-corrected chi connectivity index (χ1v) is 9.22. The Balaban J connectivity index is 1.45. The fourth-order valence-electron chi connectivity index (χ4n) is 3.25. The fraction of sp³-hybridized carbons (Fsp3) is 0.500. The minimum atomic E-state index is -0.403. The van der Waals surface area contributed by atoms with Gasteiger partial charge in [-0.1, -0.05) is 13.0 Å². The van der Waals surface area contributed by atoms with Gasteiger partial charge in [0.2, 0.25) is 0 Å². The van der Waals surface area contributed by atoms with E-state index in [1.54, 1.807) is 11.3 Å². The molecule has 3 heterocycles. The second kappa shape index (κ2) is 8.02. The number of rotatable bonds is 6. The number of pyridine rings is 1. The molecule has 0 bridgehead atoms. The van der Waals surface area contributed by atoms with Crippen molar-refractivity contribution in [1.82, 2.24) is 15.2 Å². The van der Waals surface area contributed by atoms with Crippen LogP contribution in [0, 0.1) is 5.92 Å². The van der Waals surface area contributed by atoms with E-state index in [2.05, 4.69) is 28.2 Å². The van der Waals surface area contributed by atoms with E-state index in [1.165, 1.54) is 0 Å². The van der Waals surface area contributed by atoms with Gasteiger partial charge in [0, 0.05) is 38.4 Å². The first-order valence-electron chi connectivity index (χ1n) is 8.28. The average molecular weight is 331 g/mol. The number of nitrogens with zero attached hydrogens (tertiary/aromatic N) is 2. The lowest BCUT2D eigenvalue weighted by Gasteiger charge is -2.37. The largest absolute Gasteiger partial charge is 0.387 e. The topological polar surface area (TPSA) is 48.4 Å². The predicted octanol–water partition coefficient (Wildman–Crippen LogP) is 2.68. The van der Waals surface area contributed by atoms with Gasteiger partial charge in [-0.25, -0.2) is 0 Å². The van der Waals surface area contributed by atoms with Crippen molar-refractivity contribution < 1.29 is 5.11 Å². The van der Waals surface area contributed by atoms with Crippen LogP contribution in [0.25, 0.3) is 0 Å². The number of aliphatic hydroxyl groups is 1. The SMILES string of the molecule is CC1CN(Cc2ccccn2)CCC1NCC(O)c1ccsc1. The molecule has 0 amide bonds. The molecular formula is C18H25N3OS. The Morgan fingerprint density at radius 2 is 2.35 bits per heavy atom. The van der Waals surface area contributed by atoms with Gasteiger partial charge in [-0.05, 0) is 46.9 Å². The summed E-state index contributed by atoms with van der Waals surface area (Å²) in [6, 6.07) is 8.57. The molecule has 0 radical (unpaired) electrons. The van der Waals surface area contributed by atoms with Crippen LogP contribution in [0.3, 0.4) is 0 Å². The number of aliphatic hydroxyl groups excluding tert-OH is 1. The Hall–Kier alpha value is -1.27. The van der Waals surface area contributed by atoms with Gasteiger partial charge >= 0.3 is 0 Å². The van der Waals surface area contributed by atoms with Crippen LogP contribution in [0.4, 0.5) is 0 Å². The lowest BCUT2D eigenvalue weighted by molar-refractivity contribution is 0.119. The minimum absolute atomic E-state index is 0.403. The third-order valence-electron chi connectivity index (χ3n) is 4.60. The molecule has 23 heavy (non-hydrogen) atoms. The van der Waals surface area contributed by atoms with Crippen molar-refractivity contribution in [2.24, 2.45) is 5.92 Å². The Bertz CT molecular complexity index is 575. The smallest absolute Gasteiger partial charge is 0.0922 e. The zero-order valence-electron chi connectivity index (χ0n) is 13.6. The molecule has 0 saturated carbocycles. The van der Waals surface area contributed by atoms with Gasteiger partial charge in [0.05, 0.1) is 11.8 Å². The molecule has 1 aliphatic rings. The van der Waals surface area contributed by atoms with Gasteiger partial charge in [-0.3, -0.25) is 9.88 Å². The highest BCUT2D eigenvalue weighted by molar-refractivity contribution is 7.07. The van der Waals surface area contributed by atoms with Crippen LogP contribution in [0.1, 0.15) is 30.7 Å². The predicted molar refractivity (Wildman–Crippen MR) is 94.4 cm³/mol. The van der Waals surface area contributed by atoms with Crippen molar-refractivity contribution in [2.75, 3.05) is 19.6 Å². The zero-order valence-corrected chi connectivity index (χ0v) is 14.4. The second-order valence-electron chi connectivity index (χ2n) is 6.41. The molecule has 0 aromatic carbocycles. The Labute approximate surface area is 142 Å². The van der Waals surface area contributed by atoms with E-state index in [-0.39, 0.29) is 0 Å². The molecule has 3 atom stereocenters. The Morgan fingerprint density at radius 3 is 3.04 bits per heavy atom. The van der Waals surface area contributed by atoms with Crippen molar-refractivity contribution in [3.8, 4) is 0 Å². The first kappa shape index (κ1) is 16.6. The summed E-state index contributed by atoms with van der Waals surface area (Å²) in [5.41, 5.74) is 2.15. The summed E-state index contributed by atoms with van der Waals surface area (Å²) in [7, 11) is 0. The molecule has 1 aliphatic heterocycles. The highest BCUT2D eigenvalue weighted by Gasteiger charge is 2.26. The van der Waals surface area contributed by atoms with Crippen LogP contribution in [0.15, 0.2) is 41.2 Å². The number of hydrogen-bond acceptors (Lipinski definition) is 5. The van der Waals surface area contributed by atoms with E-state index in [0.29, 0.717) is 18.5 Å². The summed E-state index contributed by atoms with van der Waals surface area (Å²) in [6.07, 6.45) is 2.57. The number of nitrogens with one attached hydrogen (secondary N) is 1. The number of likely N-dealkylation sites (tertiary alicyclic amines) is 1. The molecule has 124 valence electrons. The van der Waals surface area contributed by atoms with Gasteiger partial charge in [-0.2, -0.15) is 11.3 Å². The number of piperidine rings is 1. The zero-order chi connectivity index (χ0) is 16.1. The molecule has 1 fully saturated rings. The fourth-order valence-corrected chi connectivity index (χ4v) is 3.95. The molecule has 3 rings (SSSR count). The van der Waals surface area contributed by atoms with Crippen LogP contribution in [-0.2, 0) is 6.54 Å². The number of thiophene rings is 1. The highest BCUT2D eigenvalue weighted by Crippen LogP contribution is 2.20. The van der Waals surface area contributed by atoms with Gasteiger partial charge in [0.1, 0.15) is 0 Å². The quantitative estimate of drug-likeness (QED) is 0.854. The average Bonchev–Trinajstić information content (AvgIpc) is 3.09. The van der Waals surface area contributed by atoms with Crippen LogP contribution >= 0.6 is 11.3 Å². The Kier molecular flexibility index (Phi) is 5.78. The van der Waals surface area contributed by atoms with E-state index in [4.69, 9.17) is 0 Å². The van der Waals surface area contributed by atoms with Gasteiger partial charge < -0.3 is 10.4 Å². The normalized spacial score (nSPS) is 23.7. The van der Waals surface area contributed by atoms with Crippen LogP contribution in [-0.4, -0.2) is 40.7 Å². The van der Waals surface area contributed by atoms with Crippen molar-refractivity contribution in [3.63, 3.8) is 0 Å². The van der Waals surface area contributed by atoms with Crippen molar-refractivity contribution in [2.45, 2.75) is 32.0 Å². The molecule has 1 saturated heterocycles. The third kappa shape index (κ3) is 4.61. The minimum Gasteiger partial charge on any atom is -0.387 e. The summed E-state index contributed by atoms with van der Waals surface area (Å²) in [5.74, 6) is 0.571. The van der Waals surface area contributed by atoms with Gasteiger partial charge in [0.25, 0.3) is 0 Å². The number of aromatic nitrogens is 1. The Morgan fingerprint density at radius 1 is 1.43 bits per heavy atom. The first-order chi connectivity index (χ1) is 11.2. The molecule has 0 spiro atoms. The van der Waals surface area contributed by atoms with Gasteiger partial charge in [0.15, 0.2) is 0 Å². The summed E-state index contributed by atoms with van der Waals surface area (Å²) in [6.45, 7) is 6.00. The molecule has 4 nitrogen and oxygen atoms in total. The van der Waals surface area contributed by atoms with Crippen molar-refractivity contribution in [1.29, 1.82) is 0 Å². The van der Waals surface area contributed by atoms with Crippen LogP contribution in [0.2, 0.25) is 0 Å². The molecule has 3 unspecified atom stereocenters. The molecular weight excluding hydrogens is 306 g/mol. The molecule has 2 aromatic rings. The standard InChI is InChI=1S/C18H25N3OS/c1-14-11-21(12-16-4-2-3-7-19-16)8-5-17(14)20-10-18(22)15-6-9-23-13-15/h2-4,6-7,9,13-14,17-18,20,22H,5,8,10-12H2,1H3. The maximum Gasteiger partial charge on any atom is 0.0922 e. The molecule has 5 heteroatoms. The molecule has 0 aliphatic carbocycles. The van der Waals surface area contributed by atoms with Crippen LogP contribution < -0.4 is 5.32 Å². The number of hydrogen-bond donors (Lipinski definition) is 2. The van der Waals surface area contributed by atoms with E-state index in [1.807, 2.05) is 35.2 Å². The summed E-state index contributed by atoms with van der Waals surface area (Å²) < 4.78 is 0. The lowest BCUT2D eigenvalue weighted by Crippen LogP contribution is -2.48. The lowest BCUT2D eigenvalue weighted by atomic mass is 9.93. The van der Waals surface area contributed by atoms with E-state index >= 15 is 0 Å². The monoisotopic (exact) mass is 331 g/mol. The second-order valence-corrected chi connectivity index (χ2v) is 7.19. The van der Waals surface area contributed by atoms with E-state index < -0.39 is 6.10 Å². The molecule has 2 N–H and O–H groups in total. The summed E-state index contributed by atoms with van der Waals surface area (Å²) in [5, 5.41) is 17.8. The van der Waals surface area contributed by atoms with Crippen molar-refractivity contribution >= 4 is 11.3 Å². The molecule has 2 aromatic heterocycles. The van der Waals surface area contributed by atoms with E-state index in [0.717, 1.165) is 37.3 Å². The summed E-state index contributed by atoms with van der Waals surface area (Å²) in [4.78, 5) is 6.89. The van der Waals surface area contributed by atoms with Crippen LogP contribution in [0.5, 0.6) is 0 Å². The van der Waals surface area contributed by atoms with E-state index in [9.17, 15) is 5.11 Å². The summed E-state index contributed by atoms with van der Waals surface area (Å²) >= 11 is 1.63. The van der Waals surface area contributed by atoms with Gasteiger partial charge in [-0.15, -0.1) is 0 Å².